The highest BCUT2D eigenvalue weighted by Gasteiger charge is 2.83. The number of carbonyl (C=O) groups is 1. The highest BCUT2D eigenvalue weighted by molar-refractivity contribution is 5.92. The first-order chi connectivity index (χ1) is 21.2. The van der Waals surface area contributed by atoms with Gasteiger partial charge < -0.3 is 36.0 Å². The molecule has 0 aromatic carbocycles. The molecule has 0 aromatic heterocycles. The number of guanidine groups is 1. The van der Waals surface area contributed by atoms with Gasteiger partial charge in [0.25, 0.3) is 0 Å². The normalized spacial score (nSPS) is 45.4. The van der Waals surface area contributed by atoms with E-state index in [-0.39, 0.29) is 59.4 Å². The number of carboxylic acid groups (broad SMARTS) is 1. The van der Waals surface area contributed by atoms with Gasteiger partial charge in [0.05, 0.1) is 24.9 Å². The maximum Gasteiger partial charge on any atom is 0.334 e. The van der Waals surface area contributed by atoms with Gasteiger partial charge in [-0.3, -0.25) is 4.99 Å². The van der Waals surface area contributed by atoms with E-state index in [9.17, 15) is 20.1 Å². The minimum absolute atomic E-state index is 0.0112. The summed E-state index contributed by atoms with van der Waals surface area (Å²) >= 11 is 0. The van der Waals surface area contributed by atoms with Crippen LogP contribution in [0.2, 0.25) is 0 Å². The van der Waals surface area contributed by atoms with Crippen LogP contribution in [0.4, 0.5) is 0 Å². The van der Waals surface area contributed by atoms with Crippen LogP contribution in [0, 0.1) is 45.8 Å². The summed E-state index contributed by atoms with van der Waals surface area (Å²) in [7, 11) is 1.71. The zero-order valence-corrected chi connectivity index (χ0v) is 26.3. The van der Waals surface area contributed by atoms with Crippen molar-refractivity contribution in [3.8, 4) is 0 Å². The molecule has 0 saturated heterocycles. The first kappa shape index (κ1) is 30.2. The number of aliphatic hydroxyl groups is 2. The predicted molar refractivity (Wildman–Crippen MR) is 168 cm³/mol. The van der Waals surface area contributed by atoms with Crippen LogP contribution < -0.4 is 11.1 Å². The Morgan fingerprint density at radius 1 is 1.20 bits per heavy atom. The highest BCUT2D eigenvalue weighted by Crippen LogP contribution is 2.84. The van der Waals surface area contributed by atoms with E-state index in [0.29, 0.717) is 44.4 Å². The molecule has 9 nitrogen and oxygen atoms in total. The molecule has 4 saturated carbocycles. The molecule has 2 spiro atoms. The number of rotatable bonds is 8. The summed E-state index contributed by atoms with van der Waals surface area (Å²) in [4.78, 5) is 19.8. The van der Waals surface area contributed by atoms with Gasteiger partial charge in [-0.1, -0.05) is 43.7 Å². The standard InChI is InChI=1S/C35H50N4O5/c1-22-10-11-24-18-26-29(30(41)42)33(43,21-44-27-9-5-7-23-6-3-4-8-25(23)27)28-12-13-32(19-38-15-17-40)14-16-39(31(36)37-2)20-34(24,32)35(22,26)28/h3-4,6,8,14,16,22-25,27-28,38,40,43H,5,7,9-13,15,17-21H2,1-2H3,(H2,36,37)(H,41,42)/t22-,23+,24-,25-,27-,28-,32+,33-,34-,35+/m1/s1. The number of allylic oxidation sites excluding steroid dienone is 4. The number of aliphatic carboxylic acids is 1. The number of nitrogens with zero attached hydrogens (tertiary/aromatic N) is 2. The Kier molecular flexibility index (Phi) is 7.43. The molecule has 9 heteroatoms. The largest absolute Gasteiger partial charge is 0.478 e. The van der Waals surface area contributed by atoms with E-state index < -0.39 is 17.0 Å². The van der Waals surface area contributed by atoms with E-state index in [2.05, 4.69) is 58.7 Å². The molecule has 0 aromatic rings. The molecule has 0 unspecified atom stereocenters. The number of carboxylic acids is 1. The van der Waals surface area contributed by atoms with Gasteiger partial charge in [-0.05, 0) is 68.3 Å². The van der Waals surface area contributed by atoms with Crippen molar-refractivity contribution in [2.45, 2.75) is 70.0 Å². The van der Waals surface area contributed by atoms with Gasteiger partial charge in [-0.25, -0.2) is 4.79 Å². The predicted octanol–water partition coefficient (Wildman–Crippen LogP) is 3.21. The molecule has 6 N–H and O–H groups in total. The summed E-state index contributed by atoms with van der Waals surface area (Å²) < 4.78 is 6.72. The summed E-state index contributed by atoms with van der Waals surface area (Å²) in [5.74, 6) is 0.299. The van der Waals surface area contributed by atoms with E-state index in [0.717, 1.165) is 44.1 Å². The third-order valence-electron chi connectivity index (χ3n) is 13.5. The average Bonchev–Trinajstić information content (AvgIpc) is 3.37. The monoisotopic (exact) mass is 606 g/mol. The van der Waals surface area contributed by atoms with E-state index in [1.807, 2.05) is 0 Å². The zero-order chi connectivity index (χ0) is 30.9. The van der Waals surface area contributed by atoms with Crippen LogP contribution in [-0.4, -0.2) is 83.7 Å². The Morgan fingerprint density at radius 2 is 2.02 bits per heavy atom. The minimum Gasteiger partial charge on any atom is -0.478 e. The maximum atomic E-state index is 13.4. The van der Waals surface area contributed by atoms with Crippen LogP contribution in [0.1, 0.15) is 58.3 Å². The second-order valence-corrected chi connectivity index (χ2v) is 14.8. The number of hydrogen-bond acceptors (Lipinski definition) is 6. The fourth-order valence-corrected chi connectivity index (χ4v) is 12.1. The Labute approximate surface area is 261 Å². The van der Waals surface area contributed by atoms with E-state index >= 15 is 0 Å². The maximum absolute atomic E-state index is 13.4. The molecule has 1 heterocycles. The van der Waals surface area contributed by atoms with E-state index in [4.69, 9.17) is 10.5 Å². The van der Waals surface area contributed by atoms with Crippen molar-refractivity contribution in [1.82, 2.24) is 10.2 Å². The van der Waals surface area contributed by atoms with Gasteiger partial charge in [0.1, 0.15) is 5.60 Å². The zero-order valence-electron chi connectivity index (χ0n) is 26.3. The van der Waals surface area contributed by atoms with Crippen LogP contribution in [0.15, 0.2) is 52.7 Å². The molecule has 1 aliphatic heterocycles. The van der Waals surface area contributed by atoms with Crippen molar-refractivity contribution in [3.63, 3.8) is 0 Å². The lowest BCUT2D eigenvalue weighted by atomic mass is 9.35. The SMILES string of the molecule is CN=C(N)N1C=C[C@]2(CNCCO)CC[C@H]3[C@@]45C(=C(C(=O)O)[C@@]3(O)CO[C@@H]3CCC[C@@H]6C=CC=C[C@H]63)C[C@@H](CC[C@H]4C)[C@]25C1. The Hall–Kier alpha value is -2.46. The Morgan fingerprint density at radius 3 is 2.80 bits per heavy atom. The molecule has 0 radical (unpaired) electrons. The van der Waals surface area contributed by atoms with Gasteiger partial charge in [0, 0.05) is 61.0 Å². The summed E-state index contributed by atoms with van der Waals surface area (Å²) in [6.45, 7) is 4.19. The van der Waals surface area contributed by atoms with Gasteiger partial charge in [-0.15, -0.1) is 0 Å². The smallest absolute Gasteiger partial charge is 0.334 e. The quantitative estimate of drug-likeness (QED) is 0.161. The summed E-state index contributed by atoms with van der Waals surface area (Å²) in [5.41, 5.74) is 4.93. The van der Waals surface area contributed by atoms with Crippen molar-refractivity contribution in [1.29, 1.82) is 0 Å². The van der Waals surface area contributed by atoms with Gasteiger partial charge in [-0.2, -0.15) is 0 Å². The second kappa shape index (κ2) is 10.8. The van der Waals surface area contributed by atoms with Crippen LogP contribution in [0.3, 0.4) is 0 Å². The summed E-state index contributed by atoms with van der Waals surface area (Å²) in [5, 5.41) is 37.1. The van der Waals surface area contributed by atoms with E-state index in [1.54, 1.807) is 7.05 Å². The number of ether oxygens (including phenoxy) is 1. The molecule has 44 heavy (non-hydrogen) atoms. The number of nitrogens with one attached hydrogen (secondary N) is 1. The first-order valence-electron chi connectivity index (χ1n) is 16.9. The molecule has 4 fully saturated rings. The summed E-state index contributed by atoms with van der Waals surface area (Å²) in [6, 6.07) is 0. The fourth-order valence-electron chi connectivity index (χ4n) is 12.1. The van der Waals surface area contributed by atoms with Crippen LogP contribution in [0.25, 0.3) is 0 Å². The topological polar surface area (TPSA) is 141 Å². The molecule has 0 amide bonds. The van der Waals surface area contributed by atoms with Crippen molar-refractivity contribution in [2.24, 2.45) is 56.6 Å². The Balaban J connectivity index is 1.35. The molecule has 2 bridgehead atoms. The number of fused-ring (bicyclic) bond motifs is 1. The second-order valence-electron chi connectivity index (χ2n) is 14.8. The molecule has 6 aliphatic carbocycles. The molecule has 10 atom stereocenters. The van der Waals surface area contributed by atoms with Gasteiger partial charge in [0.15, 0.2) is 5.96 Å². The van der Waals surface area contributed by atoms with Gasteiger partial charge in [0.2, 0.25) is 0 Å². The molecule has 7 aliphatic rings. The number of nitrogens with two attached hydrogens (primary N) is 1. The third-order valence-corrected chi connectivity index (χ3v) is 13.5. The minimum atomic E-state index is -1.58. The number of aliphatic hydroxyl groups excluding tert-OH is 1. The number of aliphatic imine (C=N–C) groups is 1. The lowest BCUT2D eigenvalue weighted by Crippen LogP contribution is -2.72. The lowest BCUT2D eigenvalue weighted by molar-refractivity contribution is -0.222. The molecule has 240 valence electrons. The first-order valence-corrected chi connectivity index (χ1v) is 16.9. The molecule has 7 rings (SSSR count). The van der Waals surface area contributed by atoms with Crippen LogP contribution >= 0.6 is 0 Å². The Bertz CT molecular complexity index is 1340. The van der Waals surface area contributed by atoms with Gasteiger partial charge >= 0.3 is 5.97 Å². The third kappa shape index (κ3) is 3.79. The van der Waals surface area contributed by atoms with Crippen LogP contribution in [0.5, 0.6) is 0 Å². The lowest BCUT2D eigenvalue weighted by Gasteiger charge is -2.70. The highest BCUT2D eigenvalue weighted by atomic mass is 16.5. The van der Waals surface area contributed by atoms with Crippen molar-refractivity contribution in [3.05, 3.63) is 47.7 Å². The van der Waals surface area contributed by atoms with Crippen molar-refractivity contribution in [2.75, 3.05) is 39.9 Å². The molecular weight excluding hydrogens is 556 g/mol. The summed E-state index contributed by atoms with van der Waals surface area (Å²) in [6.07, 6.45) is 20.4. The van der Waals surface area contributed by atoms with E-state index in [1.165, 1.54) is 0 Å². The fraction of sp³-hybridized carbons (Fsp3) is 0.714. The molecular formula is C35H50N4O5. The average molecular weight is 607 g/mol. The van der Waals surface area contributed by atoms with Crippen molar-refractivity contribution >= 4 is 11.9 Å². The van der Waals surface area contributed by atoms with Crippen molar-refractivity contribution < 1.29 is 24.9 Å². The number of hydrogen-bond donors (Lipinski definition) is 5. The van der Waals surface area contributed by atoms with Crippen LogP contribution in [-0.2, 0) is 9.53 Å².